The van der Waals surface area contributed by atoms with Crippen LogP contribution in [0, 0.1) is 19.8 Å². The van der Waals surface area contributed by atoms with Crippen LogP contribution in [-0.4, -0.2) is 22.1 Å². The highest BCUT2D eigenvalue weighted by atomic mass is 15.0. The van der Waals surface area contributed by atoms with Gasteiger partial charge in [-0.25, -0.2) is 9.97 Å². The van der Waals surface area contributed by atoms with Crippen LogP contribution in [0.5, 0.6) is 0 Å². The molecule has 0 spiro atoms. The Hall–Kier alpha value is -0.960. The molecule has 0 bridgehead atoms. The van der Waals surface area contributed by atoms with E-state index in [1.165, 1.54) is 5.56 Å². The highest BCUT2D eigenvalue weighted by Gasteiger charge is 2.18. The minimum atomic E-state index is 0.147. The van der Waals surface area contributed by atoms with Gasteiger partial charge < -0.3 is 5.32 Å². The maximum Gasteiger partial charge on any atom is 0.129 e. The van der Waals surface area contributed by atoms with Crippen LogP contribution in [0.4, 0.5) is 0 Å². The molecule has 0 saturated carbocycles. The van der Waals surface area contributed by atoms with Gasteiger partial charge >= 0.3 is 0 Å². The van der Waals surface area contributed by atoms with E-state index in [1.807, 2.05) is 0 Å². The minimum absolute atomic E-state index is 0.147. The molecule has 1 rings (SSSR count). The predicted molar refractivity (Wildman–Crippen MR) is 86.2 cm³/mol. The number of rotatable bonds is 5. The Morgan fingerprint density at radius 1 is 1.00 bits per heavy atom. The normalized spacial score (nSPS) is 13.8. The topological polar surface area (TPSA) is 37.8 Å². The molecule has 0 amide bonds. The van der Waals surface area contributed by atoms with Gasteiger partial charge in [0.1, 0.15) is 5.82 Å². The Kier molecular flexibility index (Phi) is 5.69. The molecule has 0 aliphatic carbocycles. The molecule has 1 unspecified atom stereocenters. The Morgan fingerprint density at radius 2 is 1.50 bits per heavy atom. The summed E-state index contributed by atoms with van der Waals surface area (Å²) in [4.78, 5) is 9.40. The lowest BCUT2D eigenvalue weighted by Gasteiger charge is -2.25. The van der Waals surface area contributed by atoms with Crippen LogP contribution < -0.4 is 5.32 Å². The lowest BCUT2D eigenvalue weighted by atomic mass is 9.96. The van der Waals surface area contributed by atoms with E-state index in [2.05, 4.69) is 60.7 Å². The van der Waals surface area contributed by atoms with E-state index < -0.39 is 0 Å². The molecule has 1 atom stereocenters. The fraction of sp³-hybridized carbons (Fsp3) is 0.765. The van der Waals surface area contributed by atoms with E-state index in [1.54, 1.807) is 0 Å². The van der Waals surface area contributed by atoms with Crippen molar-refractivity contribution in [3.8, 4) is 0 Å². The third kappa shape index (κ3) is 5.20. The van der Waals surface area contributed by atoms with E-state index in [0.717, 1.165) is 30.2 Å². The van der Waals surface area contributed by atoms with Crippen molar-refractivity contribution in [3.63, 3.8) is 0 Å². The van der Waals surface area contributed by atoms with Gasteiger partial charge in [0.15, 0.2) is 0 Å². The number of hydrogen-bond acceptors (Lipinski definition) is 3. The van der Waals surface area contributed by atoms with Gasteiger partial charge in [-0.05, 0) is 52.0 Å². The maximum atomic E-state index is 4.70. The third-order valence-corrected chi connectivity index (χ3v) is 3.40. The molecule has 20 heavy (non-hydrogen) atoms. The average Bonchev–Trinajstić information content (AvgIpc) is 2.23. The molecular weight excluding hydrogens is 246 g/mol. The van der Waals surface area contributed by atoms with Crippen LogP contribution in [-0.2, 0) is 6.42 Å². The van der Waals surface area contributed by atoms with Gasteiger partial charge in [-0.15, -0.1) is 0 Å². The fourth-order valence-electron chi connectivity index (χ4n) is 2.53. The maximum absolute atomic E-state index is 4.70. The second-order valence-electron chi connectivity index (χ2n) is 7.35. The summed E-state index contributed by atoms with van der Waals surface area (Å²) < 4.78 is 0. The molecule has 0 aliphatic rings. The third-order valence-electron chi connectivity index (χ3n) is 3.40. The first-order valence-electron chi connectivity index (χ1n) is 7.69. The van der Waals surface area contributed by atoms with Crippen molar-refractivity contribution < 1.29 is 0 Å². The van der Waals surface area contributed by atoms with Crippen LogP contribution in [0.1, 0.15) is 70.2 Å². The SMILES string of the molecule is Cc1nc(CC(C)C)nc(C)c1C(C)CNC(C)(C)C. The Labute approximate surface area is 124 Å². The zero-order valence-electron chi connectivity index (χ0n) is 14.5. The molecule has 1 aromatic rings. The highest BCUT2D eigenvalue weighted by molar-refractivity contribution is 5.28. The van der Waals surface area contributed by atoms with Crippen molar-refractivity contribution >= 4 is 0 Å². The molecule has 0 aromatic carbocycles. The monoisotopic (exact) mass is 277 g/mol. The Balaban J connectivity index is 2.90. The standard InChI is InChI=1S/C17H31N3/c1-11(2)9-15-19-13(4)16(14(5)20-15)12(3)10-18-17(6,7)8/h11-12,18H,9-10H2,1-8H3. The first-order valence-corrected chi connectivity index (χ1v) is 7.69. The molecule has 0 saturated heterocycles. The summed E-state index contributed by atoms with van der Waals surface area (Å²) in [6.45, 7) is 18.4. The largest absolute Gasteiger partial charge is 0.311 e. The molecule has 3 nitrogen and oxygen atoms in total. The summed E-state index contributed by atoms with van der Waals surface area (Å²) in [7, 11) is 0. The van der Waals surface area contributed by atoms with E-state index >= 15 is 0 Å². The molecule has 0 fully saturated rings. The lowest BCUT2D eigenvalue weighted by Crippen LogP contribution is -2.38. The van der Waals surface area contributed by atoms with Gasteiger partial charge in [0.25, 0.3) is 0 Å². The molecule has 1 N–H and O–H groups in total. The lowest BCUT2D eigenvalue weighted by molar-refractivity contribution is 0.411. The van der Waals surface area contributed by atoms with Crippen LogP contribution in [0.3, 0.4) is 0 Å². The van der Waals surface area contributed by atoms with E-state index in [4.69, 9.17) is 9.97 Å². The summed E-state index contributed by atoms with van der Waals surface area (Å²) in [5.41, 5.74) is 3.72. The summed E-state index contributed by atoms with van der Waals surface area (Å²) in [5.74, 6) is 2.01. The van der Waals surface area contributed by atoms with Crippen molar-refractivity contribution in [2.24, 2.45) is 5.92 Å². The van der Waals surface area contributed by atoms with E-state index in [9.17, 15) is 0 Å². The zero-order valence-corrected chi connectivity index (χ0v) is 14.5. The van der Waals surface area contributed by atoms with Crippen molar-refractivity contribution in [2.45, 2.75) is 73.3 Å². The summed E-state index contributed by atoms with van der Waals surface area (Å²) in [5, 5.41) is 3.57. The van der Waals surface area contributed by atoms with E-state index in [-0.39, 0.29) is 5.54 Å². The number of hydrogen-bond donors (Lipinski definition) is 1. The van der Waals surface area contributed by atoms with Crippen LogP contribution in [0.2, 0.25) is 0 Å². The van der Waals surface area contributed by atoms with Gasteiger partial charge in [-0.1, -0.05) is 20.8 Å². The fourth-order valence-corrected chi connectivity index (χ4v) is 2.53. The molecule has 0 radical (unpaired) electrons. The molecule has 3 heteroatoms. The molecule has 0 aliphatic heterocycles. The predicted octanol–water partition coefficient (Wildman–Crippen LogP) is 3.78. The molecule has 114 valence electrons. The van der Waals surface area contributed by atoms with E-state index in [0.29, 0.717) is 11.8 Å². The van der Waals surface area contributed by atoms with Crippen LogP contribution in [0.15, 0.2) is 0 Å². The average molecular weight is 277 g/mol. The second-order valence-corrected chi connectivity index (χ2v) is 7.35. The number of nitrogens with zero attached hydrogens (tertiary/aromatic N) is 2. The Morgan fingerprint density at radius 3 is 1.90 bits per heavy atom. The minimum Gasteiger partial charge on any atom is -0.311 e. The zero-order chi connectivity index (χ0) is 15.5. The second kappa shape index (κ2) is 6.66. The summed E-state index contributed by atoms with van der Waals surface area (Å²) in [6.07, 6.45) is 0.955. The molecule has 1 heterocycles. The van der Waals surface area contributed by atoms with Gasteiger partial charge in [-0.2, -0.15) is 0 Å². The first-order chi connectivity index (χ1) is 9.10. The van der Waals surface area contributed by atoms with Gasteiger partial charge in [0.2, 0.25) is 0 Å². The molecular formula is C17H31N3. The summed E-state index contributed by atoms with van der Waals surface area (Å²) in [6, 6.07) is 0. The molecule has 1 aromatic heterocycles. The quantitative estimate of drug-likeness (QED) is 0.890. The number of nitrogens with one attached hydrogen (secondary N) is 1. The highest BCUT2D eigenvalue weighted by Crippen LogP contribution is 2.22. The van der Waals surface area contributed by atoms with Crippen molar-refractivity contribution in [1.29, 1.82) is 0 Å². The van der Waals surface area contributed by atoms with Crippen molar-refractivity contribution in [3.05, 3.63) is 22.8 Å². The van der Waals surface area contributed by atoms with Crippen LogP contribution >= 0.6 is 0 Å². The van der Waals surface area contributed by atoms with Crippen molar-refractivity contribution in [1.82, 2.24) is 15.3 Å². The number of aryl methyl sites for hydroxylation is 2. The van der Waals surface area contributed by atoms with Gasteiger partial charge in [0.05, 0.1) is 0 Å². The van der Waals surface area contributed by atoms with Gasteiger partial charge in [0, 0.05) is 29.9 Å². The first kappa shape index (κ1) is 17.1. The van der Waals surface area contributed by atoms with Crippen LogP contribution in [0.25, 0.3) is 0 Å². The van der Waals surface area contributed by atoms with Gasteiger partial charge in [-0.3, -0.25) is 0 Å². The van der Waals surface area contributed by atoms with Crippen molar-refractivity contribution in [2.75, 3.05) is 6.54 Å². The summed E-state index contributed by atoms with van der Waals surface area (Å²) >= 11 is 0. The Bertz CT molecular complexity index is 421. The smallest absolute Gasteiger partial charge is 0.129 e. The number of aromatic nitrogens is 2.